The maximum atomic E-state index is 5.82. The Hall–Kier alpha value is -2.17. The van der Waals surface area contributed by atoms with Crippen LogP contribution >= 0.6 is 0 Å². The molecule has 0 aliphatic rings. The molecule has 0 amide bonds. The zero-order valence-corrected chi connectivity index (χ0v) is 11.0. The van der Waals surface area contributed by atoms with Crippen LogP contribution in [0, 0.1) is 6.92 Å². The number of methoxy groups -OCH3 is 2. The van der Waals surface area contributed by atoms with Gasteiger partial charge >= 0.3 is 0 Å². The van der Waals surface area contributed by atoms with E-state index in [-0.39, 0.29) is 0 Å². The summed E-state index contributed by atoms with van der Waals surface area (Å²) < 4.78 is 12.3. The molecule has 1 aromatic carbocycles. The molecule has 2 rings (SSSR count). The first-order valence-corrected chi connectivity index (χ1v) is 5.60. The van der Waals surface area contributed by atoms with Crippen LogP contribution in [0.2, 0.25) is 0 Å². The fourth-order valence-electron chi connectivity index (χ4n) is 1.98. The first kappa shape index (κ1) is 12.3. The molecule has 1 heterocycles. The van der Waals surface area contributed by atoms with Crippen LogP contribution in [-0.4, -0.2) is 24.0 Å². The van der Waals surface area contributed by atoms with Crippen LogP contribution in [0.4, 0.5) is 5.82 Å². The predicted molar refractivity (Wildman–Crippen MR) is 70.9 cm³/mol. The zero-order chi connectivity index (χ0) is 13.3. The lowest BCUT2D eigenvalue weighted by molar-refractivity contribution is 0.401. The topological polar surface area (TPSA) is 62.3 Å². The van der Waals surface area contributed by atoms with Gasteiger partial charge in [-0.1, -0.05) is 0 Å². The van der Waals surface area contributed by atoms with Gasteiger partial charge in [-0.05, 0) is 19.1 Å². The van der Waals surface area contributed by atoms with E-state index in [0.29, 0.717) is 5.82 Å². The summed E-state index contributed by atoms with van der Waals surface area (Å²) in [4.78, 5) is 0. The van der Waals surface area contributed by atoms with Crippen molar-refractivity contribution in [3.8, 4) is 22.8 Å². The molecule has 0 atom stereocenters. The zero-order valence-electron chi connectivity index (χ0n) is 11.0. The van der Waals surface area contributed by atoms with Crippen molar-refractivity contribution in [3.05, 3.63) is 23.8 Å². The van der Waals surface area contributed by atoms with E-state index in [9.17, 15) is 0 Å². The van der Waals surface area contributed by atoms with Gasteiger partial charge in [-0.15, -0.1) is 0 Å². The quantitative estimate of drug-likeness (QED) is 0.901. The summed E-state index contributed by atoms with van der Waals surface area (Å²) in [6.45, 7) is 1.97. The monoisotopic (exact) mass is 247 g/mol. The molecule has 5 heteroatoms. The van der Waals surface area contributed by atoms with E-state index in [4.69, 9.17) is 15.2 Å². The SMILES string of the molecule is COc1ccc(OC)c(-c2cc(N)n(C)n2)c1C. The smallest absolute Gasteiger partial charge is 0.128 e. The Balaban J connectivity index is 2.67. The van der Waals surface area contributed by atoms with Crippen molar-refractivity contribution in [1.82, 2.24) is 9.78 Å². The van der Waals surface area contributed by atoms with Gasteiger partial charge in [-0.25, -0.2) is 0 Å². The number of hydrogen-bond acceptors (Lipinski definition) is 4. The fourth-order valence-corrected chi connectivity index (χ4v) is 1.98. The number of aromatic nitrogens is 2. The van der Waals surface area contributed by atoms with E-state index in [2.05, 4.69) is 5.10 Å². The molecule has 0 fully saturated rings. The van der Waals surface area contributed by atoms with Crippen LogP contribution in [0.25, 0.3) is 11.3 Å². The minimum absolute atomic E-state index is 0.606. The lowest BCUT2D eigenvalue weighted by atomic mass is 10.0. The molecule has 96 valence electrons. The summed E-state index contributed by atoms with van der Waals surface area (Å²) >= 11 is 0. The highest BCUT2D eigenvalue weighted by molar-refractivity contribution is 5.75. The van der Waals surface area contributed by atoms with Crippen molar-refractivity contribution in [2.24, 2.45) is 7.05 Å². The number of nitrogens with zero attached hydrogens (tertiary/aromatic N) is 2. The van der Waals surface area contributed by atoms with Gasteiger partial charge in [0.05, 0.1) is 25.5 Å². The molecule has 18 heavy (non-hydrogen) atoms. The fraction of sp³-hybridized carbons (Fsp3) is 0.308. The highest BCUT2D eigenvalue weighted by Crippen LogP contribution is 2.37. The molecule has 2 aromatic rings. The summed E-state index contributed by atoms with van der Waals surface area (Å²) in [5, 5.41) is 4.38. The molecule has 1 aromatic heterocycles. The highest BCUT2D eigenvalue weighted by atomic mass is 16.5. The van der Waals surface area contributed by atoms with E-state index < -0.39 is 0 Å². The van der Waals surface area contributed by atoms with Crippen molar-refractivity contribution in [2.75, 3.05) is 20.0 Å². The summed E-state index contributed by atoms with van der Waals surface area (Å²) in [5.74, 6) is 2.16. The van der Waals surface area contributed by atoms with Gasteiger partial charge in [0.1, 0.15) is 17.3 Å². The van der Waals surface area contributed by atoms with Gasteiger partial charge in [-0.3, -0.25) is 4.68 Å². The normalized spacial score (nSPS) is 10.4. The van der Waals surface area contributed by atoms with Crippen molar-refractivity contribution in [1.29, 1.82) is 0 Å². The first-order valence-electron chi connectivity index (χ1n) is 5.60. The Kier molecular flexibility index (Phi) is 3.14. The number of ether oxygens (including phenoxy) is 2. The molecule has 2 N–H and O–H groups in total. The maximum absolute atomic E-state index is 5.82. The van der Waals surface area contributed by atoms with Gasteiger partial charge in [-0.2, -0.15) is 5.10 Å². The Morgan fingerprint density at radius 1 is 1.17 bits per heavy atom. The van der Waals surface area contributed by atoms with Crippen molar-refractivity contribution >= 4 is 5.82 Å². The lowest BCUT2D eigenvalue weighted by Crippen LogP contribution is -1.98. The number of nitrogen functional groups attached to an aromatic ring is 1. The molecule has 0 aliphatic carbocycles. The summed E-state index contributed by atoms with van der Waals surface area (Å²) in [6.07, 6.45) is 0. The van der Waals surface area contributed by atoms with Crippen molar-refractivity contribution < 1.29 is 9.47 Å². The molecule has 0 saturated carbocycles. The summed E-state index contributed by atoms with van der Waals surface area (Å²) in [5.41, 5.74) is 8.49. The molecule has 0 radical (unpaired) electrons. The number of aryl methyl sites for hydroxylation is 1. The van der Waals surface area contributed by atoms with Crippen LogP contribution < -0.4 is 15.2 Å². The van der Waals surface area contributed by atoms with E-state index >= 15 is 0 Å². The number of anilines is 1. The van der Waals surface area contributed by atoms with Gasteiger partial charge in [0, 0.05) is 18.7 Å². The van der Waals surface area contributed by atoms with Crippen LogP contribution in [0.1, 0.15) is 5.56 Å². The third-order valence-corrected chi connectivity index (χ3v) is 2.99. The largest absolute Gasteiger partial charge is 0.496 e. The Labute approximate surface area is 106 Å². The minimum atomic E-state index is 0.606. The highest BCUT2D eigenvalue weighted by Gasteiger charge is 2.16. The molecule has 0 spiro atoms. The van der Waals surface area contributed by atoms with Gasteiger partial charge in [0.25, 0.3) is 0 Å². The number of hydrogen-bond donors (Lipinski definition) is 1. The molecular formula is C13H17N3O2. The van der Waals surface area contributed by atoms with Crippen LogP contribution in [0.15, 0.2) is 18.2 Å². The van der Waals surface area contributed by atoms with E-state index in [1.807, 2.05) is 25.1 Å². The van der Waals surface area contributed by atoms with Crippen molar-refractivity contribution in [2.45, 2.75) is 6.92 Å². The average molecular weight is 247 g/mol. The van der Waals surface area contributed by atoms with E-state index in [1.54, 1.807) is 25.9 Å². The molecule has 0 saturated heterocycles. The van der Waals surface area contributed by atoms with Gasteiger partial charge < -0.3 is 15.2 Å². The number of nitrogens with two attached hydrogens (primary N) is 1. The molecule has 0 unspecified atom stereocenters. The van der Waals surface area contributed by atoms with Gasteiger partial charge in [0.2, 0.25) is 0 Å². The third kappa shape index (κ3) is 1.88. The minimum Gasteiger partial charge on any atom is -0.496 e. The average Bonchev–Trinajstić information content (AvgIpc) is 2.68. The second-order valence-electron chi connectivity index (χ2n) is 4.05. The van der Waals surface area contributed by atoms with E-state index in [1.165, 1.54) is 0 Å². The summed E-state index contributed by atoms with van der Waals surface area (Å²) in [6, 6.07) is 5.57. The first-order chi connectivity index (χ1) is 8.58. The van der Waals surface area contributed by atoms with Crippen LogP contribution in [0.3, 0.4) is 0 Å². The van der Waals surface area contributed by atoms with Crippen LogP contribution in [-0.2, 0) is 7.05 Å². The summed E-state index contributed by atoms with van der Waals surface area (Å²) in [7, 11) is 5.09. The van der Waals surface area contributed by atoms with Crippen LogP contribution in [0.5, 0.6) is 11.5 Å². The number of benzene rings is 1. The molecular weight excluding hydrogens is 230 g/mol. The van der Waals surface area contributed by atoms with Crippen molar-refractivity contribution in [3.63, 3.8) is 0 Å². The Morgan fingerprint density at radius 3 is 2.28 bits per heavy atom. The third-order valence-electron chi connectivity index (χ3n) is 2.99. The molecule has 0 aliphatic heterocycles. The standard InChI is InChI=1S/C13H17N3O2/c1-8-10(17-3)5-6-11(18-4)13(8)9-7-12(14)16(2)15-9/h5-7H,14H2,1-4H3. The Bertz CT molecular complexity index is 556. The predicted octanol–water partition coefficient (Wildman–Crippen LogP) is 1.99. The number of rotatable bonds is 3. The lowest BCUT2D eigenvalue weighted by Gasteiger charge is -2.12. The second kappa shape index (κ2) is 4.60. The second-order valence-corrected chi connectivity index (χ2v) is 4.05. The maximum Gasteiger partial charge on any atom is 0.128 e. The Morgan fingerprint density at radius 2 is 1.78 bits per heavy atom. The van der Waals surface area contributed by atoms with E-state index in [0.717, 1.165) is 28.3 Å². The molecule has 5 nitrogen and oxygen atoms in total. The van der Waals surface area contributed by atoms with Gasteiger partial charge in [0.15, 0.2) is 0 Å². The molecule has 0 bridgehead atoms.